The van der Waals surface area contributed by atoms with Gasteiger partial charge in [-0.3, -0.25) is 14.4 Å². The van der Waals surface area contributed by atoms with Crippen LogP contribution in [0, 0.1) is 6.92 Å². The van der Waals surface area contributed by atoms with Gasteiger partial charge in [-0.15, -0.1) is 0 Å². The fourth-order valence-electron chi connectivity index (χ4n) is 2.10. The lowest BCUT2D eigenvalue weighted by Crippen LogP contribution is -2.21. The molecule has 0 aromatic heterocycles. The lowest BCUT2D eigenvalue weighted by atomic mass is 10.2. The average molecular weight is 444 g/mol. The van der Waals surface area contributed by atoms with Gasteiger partial charge in [-0.1, -0.05) is 40.9 Å². The highest BCUT2D eigenvalue weighted by molar-refractivity contribution is 6.42. The van der Waals surface area contributed by atoms with E-state index in [-0.39, 0.29) is 23.8 Å². The van der Waals surface area contributed by atoms with Crippen molar-refractivity contribution in [2.24, 2.45) is 0 Å². The molecule has 2 N–H and O–H groups in total. The molecule has 0 atom stereocenters. The van der Waals surface area contributed by atoms with E-state index in [9.17, 15) is 14.4 Å². The number of nitrogens with one attached hydrogen (secondary N) is 2. The Labute approximate surface area is 177 Å². The highest BCUT2D eigenvalue weighted by Gasteiger charge is 2.12. The SMILES string of the molecule is Cc1ccc(NC(=O)CCC(=O)OCC(=O)Nc2ccc(Cl)c(Cl)c2)cc1Cl. The van der Waals surface area contributed by atoms with Crippen molar-refractivity contribution in [2.45, 2.75) is 19.8 Å². The van der Waals surface area contributed by atoms with Crippen LogP contribution >= 0.6 is 34.8 Å². The minimum atomic E-state index is -0.665. The maximum atomic E-state index is 11.9. The number of carbonyl (C=O) groups excluding carboxylic acids is 3. The first kappa shape index (κ1) is 22.0. The maximum absolute atomic E-state index is 11.9. The van der Waals surface area contributed by atoms with E-state index in [0.717, 1.165) is 5.56 Å². The summed E-state index contributed by atoms with van der Waals surface area (Å²) in [5.41, 5.74) is 1.85. The molecule has 0 heterocycles. The van der Waals surface area contributed by atoms with Crippen LogP contribution in [0.5, 0.6) is 0 Å². The highest BCUT2D eigenvalue weighted by Crippen LogP contribution is 2.25. The van der Waals surface area contributed by atoms with Crippen molar-refractivity contribution in [3.8, 4) is 0 Å². The summed E-state index contributed by atoms with van der Waals surface area (Å²) in [5.74, 6) is -1.57. The predicted molar refractivity (Wildman–Crippen MR) is 110 cm³/mol. The molecule has 2 aromatic carbocycles. The van der Waals surface area contributed by atoms with Gasteiger partial charge in [0, 0.05) is 22.8 Å². The molecule has 2 rings (SSSR count). The zero-order chi connectivity index (χ0) is 20.7. The normalized spacial score (nSPS) is 10.3. The van der Waals surface area contributed by atoms with Gasteiger partial charge in [-0.2, -0.15) is 0 Å². The molecule has 0 aliphatic rings. The number of carbonyl (C=O) groups is 3. The molecule has 28 heavy (non-hydrogen) atoms. The Balaban J connectivity index is 1.71. The molecule has 148 valence electrons. The smallest absolute Gasteiger partial charge is 0.306 e. The minimum Gasteiger partial charge on any atom is -0.456 e. The largest absolute Gasteiger partial charge is 0.456 e. The lowest BCUT2D eigenvalue weighted by Gasteiger charge is -2.08. The minimum absolute atomic E-state index is 0.0846. The molecule has 0 aliphatic carbocycles. The Bertz CT molecular complexity index is 831. The van der Waals surface area contributed by atoms with Gasteiger partial charge in [0.1, 0.15) is 0 Å². The van der Waals surface area contributed by atoms with Crippen molar-refractivity contribution < 1.29 is 19.1 Å². The molecule has 0 radical (unpaired) electrons. The van der Waals surface area contributed by atoms with Crippen molar-refractivity contribution in [2.75, 3.05) is 17.2 Å². The Morgan fingerprint density at radius 3 is 2.07 bits per heavy atom. The third kappa shape index (κ3) is 7.03. The Kier molecular flexibility index (Phi) is 8.11. The second kappa shape index (κ2) is 10.3. The van der Waals surface area contributed by atoms with Crippen LogP contribution in [0.1, 0.15) is 18.4 Å². The summed E-state index contributed by atoms with van der Waals surface area (Å²) < 4.78 is 4.85. The van der Waals surface area contributed by atoms with Gasteiger partial charge in [0.25, 0.3) is 5.91 Å². The van der Waals surface area contributed by atoms with E-state index in [1.807, 2.05) is 6.92 Å². The standard InChI is InChI=1S/C19H17Cl3N2O4/c1-11-2-3-12(8-15(11)21)23-17(25)6-7-19(27)28-10-18(26)24-13-4-5-14(20)16(22)9-13/h2-5,8-9H,6-7,10H2,1H3,(H,23,25)(H,24,26). The number of aryl methyl sites for hydroxylation is 1. The molecule has 2 amide bonds. The number of anilines is 2. The molecule has 0 spiro atoms. The molecule has 6 nitrogen and oxygen atoms in total. The molecule has 0 bridgehead atoms. The number of amides is 2. The summed E-state index contributed by atoms with van der Waals surface area (Å²) >= 11 is 17.6. The van der Waals surface area contributed by atoms with Crippen molar-refractivity contribution >= 4 is 64.0 Å². The number of halogens is 3. The third-order valence-corrected chi connectivity index (χ3v) is 4.73. The van der Waals surface area contributed by atoms with Crippen LogP contribution in [-0.2, 0) is 19.1 Å². The van der Waals surface area contributed by atoms with Gasteiger partial charge in [0.2, 0.25) is 5.91 Å². The molecule has 0 saturated heterocycles. The van der Waals surface area contributed by atoms with Gasteiger partial charge in [0.05, 0.1) is 16.5 Å². The summed E-state index contributed by atoms with van der Waals surface area (Å²) in [6.45, 7) is 1.37. The molecule has 0 saturated carbocycles. The van der Waals surface area contributed by atoms with E-state index < -0.39 is 18.5 Å². The van der Waals surface area contributed by atoms with Gasteiger partial charge < -0.3 is 15.4 Å². The van der Waals surface area contributed by atoms with E-state index in [2.05, 4.69) is 10.6 Å². The van der Waals surface area contributed by atoms with Crippen molar-refractivity contribution in [1.82, 2.24) is 0 Å². The quantitative estimate of drug-likeness (QED) is 0.599. The topological polar surface area (TPSA) is 84.5 Å². The second-order valence-corrected chi connectivity index (χ2v) is 7.07. The van der Waals surface area contributed by atoms with E-state index in [1.165, 1.54) is 12.1 Å². The van der Waals surface area contributed by atoms with Crippen LogP contribution in [0.15, 0.2) is 36.4 Å². The second-order valence-electron chi connectivity index (χ2n) is 5.85. The summed E-state index contributed by atoms with van der Waals surface area (Å²) in [4.78, 5) is 35.4. The number of esters is 1. The highest BCUT2D eigenvalue weighted by atomic mass is 35.5. The molecule has 2 aromatic rings. The fraction of sp³-hybridized carbons (Fsp3) is 0.211. The number of hydrogen-bond acceptors (Lipinski definition) is 4. The van der Waals surface area contributed by atoms with Crippen molar-refractivity contribution in [3.63, 3.8) is 0 Å². The first-order valence-electron chi connectivity index (χ1n) is 8.21. The van der Waals surface area contributed by atoms with Crippen LogP contribution in [0.25, 0.3) is 0 Å². The maximum Gasteiger partial charge on any atom is 0.306 e. The Hall–Kier alpha value is -2.28. The van der Waals surface area contributed by atoms with Crippen LogP contribution in [0.3, 0.4) is 0 Å². The van der Waals surface area contributed by atoms with E-state index in [1.54, 1.807) is 24.3 Å². The van der Waals surface area contributed by atoms with Crippen LogP contribution in [0.2, 0.25) is 15.1 Å². The monoisotopic (exact) mass is 442 g/mol. The van der Waals surface area contributed by atoms with Crippen LogP contribution in [-0.4, -0.2) is 24.4 Å². The molecular weight excluding hydrogens is 427 g/mol. The van der Waals surface area contributed by atoms with E-state index in [4.69, 9.17) is 39.5 Å². The Morgan fingerprint density at radius 1 is 0.821 bits per heavy atom. The van der Waals surface area contributed by atoms with Crippen molar-refractivity contribution in [1.29, 1.82) is 0 Å². The number of ether oxygens (including phenoxy) is 1. The molecule has 9 heteroatoms. The summed E-state index contributed by atoms with van der Waals surface area (Å²) in [7, 11) is 0. The zero-order valence-corrected chi connectivity index (χ0v) is 17.1. The fourth-order valence-corrected chi connectivity index (χ4v) is 2.58. The average Bonchev–Trinajstić information content (AvgIpc) is 2.64. The summed E-state index contributed by atoms with van der Waals surface area (Å²) in [6, 6.07) is 9.69. The van der Waals surface area contributed by atoms with E-state index >= 15 is 0 Å². The molecule has 0 unspecified atom stereocenters. The van der Waals surface area contributed by atoms with Gasteiger partial charge >= 0.3 is 5.97 Å². The van der Waals surface area contributed by atoms with Crippen LogP contribution in [0.4, 0.5) is 11.4 Å². The number of rotatable bonds is 7. The summed E-state index contributed by atoms with van der Waals surface area (Å²) in [5, 5.41) is 6.34. The number of benzene rings is 2. The number of hydrogen-bond donors (Lipinski definition) is 2. The zero-order valence-electron chi connectivity index (χ0n) is 14.9. The van der Waals surface area contributed by atoms with E-state index in [0.29, 0.717) is 21.4 Å². The van der Waals surface area contributed by atoms with Gasteiger partial charge in [-0.25, -0.2) is 0 Å². The Morgan fingerprint density at radius 2 is 1.43 bits per heavy atom. The summed E-state index contributed by atoms with van der Waals surface area (Å²) in [6.07, 6.45) is -0.246. The molecule has 0 fully saturated rings. The van der Waals surface area contributed by atoms with Gasteiger partial charge in [0.15, 0.2) is 6.61 Å². The first-order valence-corrected chi connectivity index (χ1v) is 9.34. The molecular formula is C19H17Cl3N2O4. The van der Waals surface area contributed by atoms with Crippen LogP contribution < -0.4 is 10.6 Å². The lowest BCUT2D eigenvalue weighted by molar-refractivity contribution is -0.147. The predicted octanol–water partition coefficient (Wildman–Crippen LogP) is 4.86. The first-order chi connectivity index (χ1) is 13.2. The third-order valence-electron chi connectivity index (χ3n) is 3.58. The van der Waals surface area contributed by atoms with Gasteiger partial charge in [-0.05, 0) is 42.8 Å². The van der Waals surface area contributed by atoms with Crippen molar-refractivity contribution in [3.05, 3.63) is 57.0 Å². The molecule has 0 aliphatic heterocycles.